The number of hydrogen-bond acceptors (Lipinski definition) is 8. The maximum absolute atomic E-state index is 13.9. The second-order valence-electron chi connectivity index (χ2n) is 9.11. The second kappa shape index (κ2) is 10.9. The van der Waals surface area contributed by atoms with Gasteiger partial charge >= 0.3 is 0 Å². The van der Waals surface area contributed by atoms with Crippen molar-refractivity contribution in [1.82, 2.24) is 14.8 Å². The quantitative estimate of drug-likeness (QED) is 0.340. The molecule has 0 bridgehead atoms. The number of nitrogens with one attached hydrogen (secondary N) is 2. The van der Waals surface area contributed by atoms with Crippen LogP contribution < -0.4 is 5.73 Å². The molecule has 3 heterocycles. The first-order valence-electron chi connectivity index (χ1n) is 11.8. The van der Waals surface area contributed by atoms with Crippen LogP contribution in [0.2, 0.25) is 0 Å². The summed E-state index contributed by atoms with van der Waals surface area (Å²) in [6.07, 6.45) is 4.38. The molecule has 2 aromatic rings. The van der Waals surface area contributed by atoms with E-state index in [0.29, 0.717) is 37.6 Å². The third kappa shape index (κ3) is 4.69. The highest BCUT2D eigenvalue weighted by Crippen LogP contribution is 2.37. The minimum Gasteiger partial charge on any atom is -0.390 e. The number of halogens is 1. The van der Waals surface area contributed by atoms with Crippen molar-refractivity contribution in [3.63, 3.8) is 0 Å². The highest BCUT2D eigenvalue weighted by atomic mass is 19.1. The van der Waals surface area contributed by atoms with E-state index in [2.05, 4.69) is 14.9 Å². The monoisotopic (exact) mass is 492 g/mol. The van der Waals surface area contributed by atoms with E-state index in [1.807, 2.05) is 17.0 Å². The van der Waals surface area contributed by atoms with E-state index < -0.39 is 5.82 Å². The average molecular weight is 493 g/mol. The fourth-order valence-electron chi connectivity index (χ4n) is 5.46. The molecular weight excluding hydrogens is 463 g/mol. The average Bonchev–Trinajstić information content (AvgIpc) is 3.33. The number of carbonyl (C=O) groups is 1. The molecule has 3 unspecified atom stereocenters. The van der Waals surface area contributed by atoms with Crippen LogP contribution in [0.15, 0.2) is 29.4 Å². The van der Waals surface area contributed by atoms with Crippen LogP contribution in [0.25, 0.3) is 0 Å². The predicted molar refractivity (Wildman–Crippen MR) is 130 cm³/mol. The number of benzene rings is 1. The van der Waals surface area contributed by atoms with Gasteiger partial charge in [0.25, 0.3) is 0 Å². The summed E-state index contributed by atoms with van der Waals surface area (Å²) in [6, 6.07) is 7.04. The number of aromatic nitrogens is 1. The lowest BCUT2D eigenvalue weighted by atomic mass is 9.95. The molecule has 2 saturated heterocycles. The largest absolute Gasteiger partial charge is 0.390 e. The van der Waals surface area contributed by atoms with Gasteiger partial charge in [0.1, 0.15) is 11.9 Å². The Balaban J connectivity index is 0.00000148. The molecule has 1 amide bonds. The lowest BCUT2D eigenvalue weighted by Gasteiger charge is -2.46. The number of piperazine rings is 1. The molecule has 188 valence electrons. The lowest BCUT2D eigenvalue weighted by Crippen LogP contribution is -2.60. The molecule has 10 nitrogen and oxygen atoms in total. The number of hydrogen-bond donors (Lipinski definition) is 3. The van der Waals surface area contributed by atoms with Crippen molar-refractivity contribution in [1.29, 1.82) is 16.3 Å². The van der Waals surface area contributed by atoms with Gasteiger partial charge in [-0.3, -0.25) is 9.69 Å². The summed E-state index contributed by atoms with van der Waals surface area (Å²) in [5, 5.41) is 9.29. The minimum absolute atomic E-state index is 0.0759. The molecule has 11 heteroatoms. The first-order chi connectivity index (χ1) is 17.5. The Kier molecular flexibility index (Phi) is 7.67. The Morgan fingerprint density at radius 1 is 1.33 bits per heavy atom. The van der Waals surface area contributed by atoms with Crippen molar-refractivity contribution in [2.24, 2.45) is 10.7 Å². The highest BCUT2D eigenvalue weighted by molar-refractivity contribution is 5.85. The number of nitrogens with zero attached hydrogens (tertiary/aromatic N) is 5. The standard InChI is InChI=1S/C25H27FN6O2.H2N2/c1-15-18(4-5-22(26)20(15)9-27)23-12-31-6-7-32(11-17(31)13-34-23)25(33)19-3-2-16-8-24(30-14-28)29-10-21(16)19;1-2/h4-5,8,10,14,17,19,23H,2-3,6-7,11-13H2,1H3,(H2,28,29,30);1-2H. The van der Waals surface area contributed by atoms with Crippen molar-refractivity contribution in [3.8, 4) is 6.07 Å². The summed E-state index contributed by atoms with van der Waals surface area (Å²) in [4.78, 5) is 26.1. The normalized spacial score (nSPS) is 23.4. The SMILES string of the molecule is Cc1c(C2CN3CCN(C(=O)C4CCc5cc(N=CN)ncc54)CC3CO2)ccc(F)c1C#N.N=N. The molecule has 5 rings (SSSR count). The van der Waals surface area contributed by atoms with Crippen molar-refractivity contribution in [2.45, 2.75) is 37.8 Å². The summed E-state index contributed by atoms with van der Waals surface area (Å²) in [5.41, 5.74) is 19.0. The molecule has 0 spiro atoms. The summed E-state index contributed by atoms with van der Waals surface area (Å²) < 4.78 is 20.1. The number of aliphatic imine (C=N–C) groups is 1. The Morgan fingerprint density at radius 3 is 2.89 bits per heavy atom. The third-order valence-corrected chi connectivity index (χ3v) is 7.31. The molecule has 2 fully saturated rings. The topological polar surface area (TPSA) is 156 Å². The van der Waals surface area contributed by atoms with Gasteiger partial charge in [0.15, 0.2) is 5.82 Å². The number of nitriles is 1. The summed E-state index contributed by atoms with van der Waals surface area (Å²) >= 11 is 0. The first-order valence-corrected chi connectivity index (χ1v) is 11.8. The second-order valence-corrected chi connectivity index (χ2v) is 9.11. The van der Waals surface area contributed by atoms with Gasteiger partial charge in [-0.05, 0) is 54.2 Å². The number of pyridine rings is 1. The number of aryl methyl sites for hydroxylation is 1. The van der Waals surface area contributed by atoms with E-state index in [1.165, 1.54) is 12.4 Å². The summed E-state index contributed by atoms with van der Waals surface area (Å²) in [5.74, 6) is 0.0330. The molecule has 2 aliphatic heterocycles. The van der Waals surface area contributed by atoms with E-state index >= 15 is 0 Å². The summed E-state index contributed by atoms with van der Waals surface area (Å²) in [6.45, 7) is 4.93. The molecule has 1 aromatic heterocycles. The van der Waals surface area contributed by atoms with Crippen LogP contribution in [-0.4, -0.2) is 65.9 Å². The Bertz CT molecular complexity index is 1210. The smallest absolute Gasteiger partial charge is 0.230 e. The van der Waals surface area contributed by atoms with E-state index in [9.17, 15) is 14.4 Å². The summed E-state index contributed by atoms with van der Waals surface area (Å²) in [7, 11) is 0. The van der Waals surface area contributed by atoms with Gasteiger partial charge in [0, 0.05) is 32.4 Å². The van der Waals surface area contributed by atoms with Crippen molar-refractivity contribution < 1.29 is 13.9 Å². The number of morpholine rings is 1. The van der Waals surface area contributed by atoms with Gasteiger partial charge in [0.05, 0.1) is 36.6 Å². The van der Waals surface area contributed by atoms with E-state index in [-0.39, 0.29) is 29.5 Å². The van der Waals surface area contributed by atoms with Gasteiger partial charge in [-0.1, -0.05) is 6.07 Å². The number of ether oxygens (including phenoxy) is 1. The van der Waals surface area contributed by atoms with Gasteiger partial charge in [-0.25, -0.2) is 25.4 Å². The molecule has 3 aliphatic rings. The van der Waals surface area contributed by atoms with E-state index in [4.69, 9.17) is 21.5 Å². The number of amides is 1. The molecule has 36 heavy (non-hydrogen) atoms. The number of rotatable bonds is 3. The highest BCUT2D eigenvalue weighted by Gasteiger charge is 2.39. The third-order valence-electron chi connectivity index (χ3n) is 7.31. The lowest BCUT2D eigenvalue weighted by molar-refractivity contribution is -0.141. The molecule has 0 saturated carbocycles. The van der Waals surface area contributed by atoms with Crippen LogP contribution >= 0.6 is 0 Å². The molecule has 1 aliphatic carbocycles. The number of carbonyl (C=O) groups excluding carboxylic acids is 1. The zero-order chi connectivity index (χ0) is 25.8. The predicted octanol–water partition coefficient (Wildman–Crippen LogP) is 2.93. The zero-order valence-corrected chi connectivity index (χ0v) is 20.1. The van der Waals surface area contributed by atoms with E-state index in [0.717, 1.165) is 36.1 Å². The van der Waals surface area contributed by atoms with Crippen LogP contribution in [0.3, 0.4) is 0 Å². The molecule has 1 aromatic carbocycles. The Morgan fingerprint density at radius 2 is 2.14 bits per heavy atom. The molecule has 3 atom stereocenters. The van der Waals surface area contributed by atoms with Crippen molar-refractivity contribution in [3.05, 3.63) is 58.0 Å². The fourth-order valence-corrected chi connectivity index (χ4v) is 5.46. The fraction of sp³-hybridized carbons (Fsp3) is 0.440. The van der Waals surface area contributed by atoms with Crippen LogP contribution in [0.4, 0.5) is 10.2 Å². The van der Waals surface area contributed by atoms with Gasteiger partial charge in [-0.2, -0.15) is 5.26 Å². The first kappa shape index (κ1) is 25.3. The van der Waals surface area contributed by atoms with Crippen LogP contribution in [0.1, 0.15) is 46.3 Å². The van der Waals surface area contributed by atoms with Crippen LogP contribution in [0, 0.1) is 35.1 Å². The maximum atomic E-state index is 13.9. The van der Waals surface area contributed by atoms with Gasteiger partial charge in [0.2, 0.25) is 5.91 Å². The van der Waals surface area contributed by atoms with Crippen LogP contribution in [-0.2, 0) is 16.0 Å². The van der Waals surface area contributed by atoms with Gasteiger partial charge < -0.3 is 15.4 Å². The number of nitrogens with two attached hydrogens (primary N) is 1. The Labute approximate surface area is 208 Å². The molecule has 4 N–H and O–H groups in total. The van der Waals surface area contributed by atoms with E-state index in [1.54, 1.807) is 19.2 Å². The zero-order valence-electron chi connectivity index (χ0n) is 20.1. The Hall–Kier alpha value is -3.75. The van der Waals surface area contributed by atoms with Gasteiger partial charge in [-0.15, -0.1) is 0 Å². The van der Waals surface area contributed by atoms with Crippen molar-refractivity contribution in [2.75, 3.05) is 32.8 Å². The minimum atomic E-state index is -0.503. The molecule has 0 radical (unpaired) electrons. The van der Waals surface area contributed by atoms with Crippen LogP contribution in [0.5, 0.6) is 0 Å². The molecular formula is C25H29FN8O2. The van der Waals surface area contributed by atoms with Crippen molar-refractivity contribution >= 4 is 18.1 Å². The number of fused-ring (bicyclic) bond motifs is 2. The maximum Gasteiger partial charge on any atom is 0.230 e.